The van der Waals surface area contributed by atoms with Gasteiger partial charge in [-0.25, -0.2) is 0 Å². The molecule has 0 bridgehead atoms. The first kappa shape index (κ1) is 10.9. The molecule has 76 valence electrons. The second-order valence-corrected chi connectivity index (χ2v) is 3.29. The maximum atomic E-state index is 10.5. The first-order valence-corrected chi connectivity index (χ1v) is 4.58. The molecule has 0 radical (unpaired) electrons. The van der Waals surface area contributed by atoms with Gasteiger partial charge in [-0.3, -0.25) is 4.79 Å². The van der Waals surface area contributed by atoms with Crippen LogP contribution in [0.25, 0.3) is 0 Å². The van der Waals surface area contributed by atoms with E-state index >= 15 is 0 Å². The summed E-state index contributed by atoms with van der Waals surface area (Å²) in [5.41, 5.74) is 2.03. The van der Waals surface area contributed by atoms with E-state index in [9.17, 15) is 4.79 Å². The second-order valence-electron chi connectivity index (χ2n) is 2.94. The Labute approximate surface area is 88.0 Å². The van der Waals surface area contributed by atoms with Crippen LogP contribution >= 0.6 is 11.6 Å². The molecule has 4 heteroatoms. The Bertz CT molecular complexity index is 339. The lowest BCUT2D eigenvalue weighted by Crippen LogP contribution is -2.16. The number of hydrogen-bond donors (Lipinski definition) is 1. The maximum absolute atomic E-state index is 10.5. The van der Waals surface area contributed by atoms with Crippen molar-refractivity contribution in [2.45, 2.75) is 13.5 Å². The lowest BCUT2D eigenvalue weighted by atomic mass is 10.1. The van der Waals surface area contributed by atoms with E-state index in [4.69, 9.17) is 16.3 Å². The van der Waals surface area contributed by atoms with Crippen molar-refractivity contribution in [3.63, 3.8) is 0 Å². The minimum atomic E-state index is -0.562. The highest BCUT2D eigenvalue weighted by Gasteiger charge is 2.03. The predicted molar refractivity (Wildman–Crippen MR) is 55.8 cm³/mol. The molecule has 14 heavy (non-hydrogen) atoms. The average Bonchev–Trinajstić information content (AvgIpc) is 2.15. The number of carbonyl (C=O) groups excluding carboxylic acids is 1. The molecule has 0 aliphatic heterocycles. The Balaban J connectivity index is 2.82. The van der Waals surface area contributed by atoms with Gasteiger partial charge in [0.2, 0.25) is 0 Å². The van der Waals surface area contributed by atoms with Crippen LogP contribution in [0.2, 0.25) is 0 Å². The van der Waals surface area contributed by atoms with E-state index in [1.165, 1.54) is 0 Å². The molecule has 0 saturated heterocycles. The number of amides is 1. The number of halogens is 1. The number of aryl methyl sites for hydroxylation is 1. The van der Waals surface area contributed by atoms with Crippen molar-refractivity contribution < 1.29 is 9.53 Å². The van der Waals surface area contributed by atoms with Gasteiger partial charge in [0, 0.05) is 12.1 Å². The van der Waals surface area contributed by atoms with Crippen LogP contribution in [0.15, 0.2) is 18.2 Å². The molecule has 0 unspecified atom stereocenters. The summed E-state index contributed by atoms with van der Waals surface area (Å²) in [5, 5.41) is 1.95. The average molecular weight is 214 g/mol. The fraction of sp³-hybridized carbons (Fsp3) is 0.300. The molecular formula is C10H12ClNO2. The van der Waals surface area contributed by atoms with E-state index in [0.29, 0.717) is 6.54 Å². The Hall–Kier alpha value is -1.22. The third kappa shape index (κ3) is 2.92. The molecular weight excluding hydrogens is 202 g/mol. The molecule has 0 spiro atoms. The van der Waals surface area contributed by atoms with Gasteiger partial charge < -0.3 is 10.1 Å². The number of benzene rings is 1. The van der Waals surface area contributed by atoms with E-state index in [-0.39, 0.29) is 0 Å². The lowest BCUT2D eigenvalue weighted by molar-refractivity contribution is 0.259. The minimum Gasteiger partial charge on any atom is -0.496 e. The molecule has 0 heterocycles. The summed E-state index contributed by atoms with van der Waals surface area (Å²) in [7, 11) is 1.59. The molecule has 1 aromatic rings. The van der Waals surface area contributed by atoms with Crippen molar-refractivity contribution in [3.05, 3.63) is 29.3 Å². The Morgan fingerprint density at radius 1 is 1.57 bits per heavy atom. The molecule has 0 fully saturated rings. The molecule has 0 saturated carbocycles. The van der Waals surface area contributed by atoms with E-state index in [0.717, 1.165) is 16.9 Å². The van der Waals surface area contributed by atoms with Crippen LogP contribution in [-0.4, -0.2) is 12.5 Å². The molecule has 0 aliphatic carbocycles. The van der Waals surface area contributed by atoms with Crippen LogP contribution < -0.4 is 10.1 Å². The molecule has 0 aliphatic rings. The van der Waals surface area contributed by atoms with Gasteiger partial charge in [0.25, 0.3) is 0 Å². The highest BCUT2D eigenvalue weighted by molar-refractivity contribution is 6.62. The van der Waals surface area contributed by atoms with E-state index < -0.39 is 5.37 Å². The predicted octanol–water partition coefficient (Wildman–Crippen LogP) is 2.45. The third-order valence-corrected chi connectivity index (χ3v) is 1.99. The topological polar surface area (TPSA) is 38.3 Å². The van der Waals surface area contributed by atoms with Crippen LogP contribution in [0.5, 0.6) is 5.75 Å². The third-order valence-electron chi connectivity index (χ3n) is 1.85. The van der Waals surface area contributed by atoms with Crippen molar-refractivity contribution in [2.75, 3.05) is 7.11 Å². The van der Waals surface area contributed by atoms with Crippen LogP contribution in [0, 0.1) is 6.92 Å². The van der Waals surface area contributed by atoms with Gasteiger partial charge in [0.1, 0.15) is 5.75 Å². The Morgan fingerprint density at radius 2 is 2.29 bits per heavy atom. The van der Waals surface area contributed by atoms with Gasteiger partial charge in [-0.2, -0.15) is 0 Å². The zero-order valence-corrected chi connectivity index (χ0v) is 8.89. The molecule has 1 amide bonds. The number of ether oxygens (including phenoxy) is 1. The van der Waals surface area contributed by atoms with Crippen LogP contribution in [0.3, 0.4) is 0 Å². The highest BCUT2D eigenvalue weighted by atomic mass is 35.5. The quantitative estimate of drug-likeness (QED) is 0.619. The standard InChI is InChI=1S/C10H12ClNO2/c1-7-3-4-9(14-2)8(5-7)6-12-10(11)13/h3-5H,6H2,1-2H3,(H,12,13). The fourth-order valence-electron chi connectivity index (χ4n) is 1.21. The van der Waals surface area contributed by atoms with Crippen LogP contribution in [-0.2, 0) is 6.54 Å². The first-order valence-electron chi connectivity index (χ1n) is 4.20. The second kappa shape index (κ2) is 4.86. The Morgan fingerprint density at radius 3 is 2.86 bits per heavy atom. The summed E-state index contributed by atoms with van der Waals surface area (Å²) in [6.07, 6.45) is 0. The largest absolute Gasteiger partial charge is 0.496 e. The molecule has 1 N–H and O–H groups in total. The zero-order chi connectivity index (χ0) is 10.6. The zero-order valence-electron chi connectivity index (χ0n) is 8.13. The van der Waals surface area contributed by atoms with Gasteiger partial charge in [0.15, 0.2) is 0 Å². The normalized spacial score (nSPS) is 9.64. The summed E-state index contributed by atoms with van der Waals surface area (Å²) in [4.78, 5) is 10.5. The van der Waals surface area contributed by atoms with Gasteiger partial charge in [-0.05, 0) is 24.6 Å². The fourth-order valence-corrected chi connectivity index (χ4v) is 1.28. The summed E-state index contributed by atoms with van der Waals surface area (Å²) in [6, 6.07) is 5.77. The van der Waals surface area contributed by atoms with Crippen molar-refractivity contribution in [1.29, 1.82) is 0 Å². The summed E-state index contributed by atoms with van der Waals surface area (Å²) in [6.45, 7) is 2.36. The SMILES string of the molecule is COc1ccc(C)cc1CNC(=O)Cl. The number of methoxy groups -OCH3 is 1. The van der Waals surface area contributed by atoms with E-state index in [1.807, 2.05) is 25.1 Å². The summed E-state index contributed by atoms with van der Waals surface area (Å²) >= 11 is 5.17. The minimum absolute atomic E-state index is 0.382. The molecule has 1 rings (SSSR count). The molecule has 0 atom stereocenters. The monoisotopic (exact) mass is 213 g/mol. The first-order chi connectivity index (χ1) is 6.63. The van der Waals surface area contributed by atoms with Crippen molar-refractivity contribution >= 4 is 17.0 Å². The van der Waals surface area contributed by atoms with Gasteiger partial charge in [-0.15, -0.1) is 0 Å². The van der Waals surface area contributed by atoms with E-state index in [2.05, 4.69) is 5.32 Å². The van der Waals surface area contributed by atoms with Crippen molar-refractivity contribution in [3.8, 4) is 5.75 Å². The smallest absolute Gasteiger partial charge is 0.314 e. The van der Waals surface area contributed by atoms with Crippen LogP contribution in [0.1, 0.15) is 11.1 Å². The summed E-state index contributed by atoms with van der Waals surface area (Å²) < 4.78 is 5.14. The molecule has 3 nitrogen and oxygen atoms in total. The van der Waals surface area contributed by atoms with Crippen LogP contribution in [0.4, 0.5) is 4.79 Å². The number of nitrogens with one attached hydrogen (secondary N) is 1. The van der Waals surface area contributed by atoms with E-state index in [1.54, 1.807) is 7.11 Å². The highest BCUT2D eigenvalue weighted by Crippen LogP contribution is 2.19. The van der Waals surface area contributed by atoms with Gasteiger partial charge >= 0.3 is 5.37 Å². The van der Waals surface area contributed by atoms with Crippen molar-refractivity contribution in [2.24, 2.45) is 0 Å². The van der Waals surface area contributed by atoms with Crippen molar-refractivity contribution in [1.82, 2.24) is 5.32 Å². The van der Waals surface area contributed by atoms with Gasteiger partial charge in [-0.1, -0.05) is 17.7 Å². The molecule has 0 aromatic heterocycles. The molecule has 1 aromatic carbocycles. The summed E-state index contributed by atoms with van der Waals surface area (Å²) in [5.74, 6) is 0.751. The Kier molecular flexibility index (Phi) is 3.77. The van der Waals surface area contributed by atoms with Gasteiger partial charge in [0.05, 0.1) is 7.11 Å². The number of rotatable bonds is 3. The maximum Gasteiger partial charge on any atom is 0.314 e. The number of hydrogen-bond acceptors (Lipinski definition) is 2. The lowest BCUT2D eigenvalue weighted by Gasteiger charge is -2.08. The number of carbonyl (C=O) groups is 1.